The van der Waals surface area contributed by atoms with Crippen LogP contribution in [0.5, 0.6) is 0 Å². The van der Waals surface area contributed by atoms with Crippen molar-refractivity contribution in [2.24, 2.45) is 0 Å². The number of benzene rings is 2. The van der Waals surface area contributed by atoms with Crippen LogP contribution < -0.4 is 0 Å². The molecule has 0 N–H and O–H groups in total. The number of esters is 1. The van der Waals surface area contributed by atoms with Crippen molar-refractivity contribution in [1.29, 1.82) is 0 Å². The zero-order valence-electron chi connectivity index (χ0n) is 13.8. The highest BCUT2D eigenvalue weighted by Gasteiger charge is 2.44. The van der Waals surface area contributed by atoms with Gasteiger partial charge in [0, 0.05) is 16.6 Å². The van der Waals surface area contributed by atoms with Gasteiger partial charge in [-0.05, 0) is 23.3 Å². The van der Waals surface area contributed by atoms with Crippen LogP contribution in [0, 0.1) is 0 Å². The maximum atomic E-state index is 13.1. The topological polar surface area (TPSA) is 46.6 Å². The highest BCUT2D eigenvalue weighted by Crippen LogP contribution is 2.45. The second kappa shape index (κ2) is 7.23. The zero-order chi connectivity index (χ0) is 18.0. The third kappa shape index (κ3) is 3.00. The van der Waals surface area contributed by atoms with E-state index >= 15 is 0 Å². The molecule has 0 radical (unpaired) electrons. The number of rotatable bonds is 4. The predicted octanol–water partition coefficient (Wildman–Crippen LogP) is 4.09. The summed E-state index contributed by atoms with van der Waals surface area (Å²) < 4.78 is 5.92. The number of fused-ring (bicyclic) bond motifs is 1. The molecule has 2 aromatic rings. The maximum Gasteiger partial charge on any atom is 0.315 e. The lowest BCUT2D eigenvalue weighted by Gasteiger charge is -2.41. The summed E-state index contributed by atoms with van der Waals surface area (Å²) in [6.07, 6.45) is 1.67. The van der Waals surface area contributed by atoms with Crippen LogP contribution in [0.4, 0.5) is 0 Å². The Labute approximate surface area is 155 Å². The molecule has 0 aliphatic carbocycles. The average molecular weight is 400 g/mol. The van der Waals surface area contributed by atoms with Gasteiger partial charge in [0.05, 0.1) is 13.2 Å². The Hall–Kier alpha value is -2.40. The van der Waals surface area contributed by atoms with E-state index in [0.29, 0.717) is 17.7 Å². The SMILES string of the molecule is C=CCN1C(=O)c2ccccc2[C@@H](C(=O)OC)[C@@H]1c1ccccc1Br. The lowest BCUT2D eigenvalue weighted by Crippen LogP contribution is -2.45. The molecular weight excluding hydrogens is 382 g/mol. The van der Waals surface area contributed by atoms with Crippen molar-refractivity contribution in [2.75, 3.05) is 13.7 Å². The van der Waals surface area contributed by atoms with Gasteiger partial charge < -0.3 is 9.64 Å². The Balaban J connectivity index is 2.26. The van der Waals surface area contributed by atoms with Crippen LogP contribution in [0.15, 0.2) is 65.7 Å². The summed E-state index contributed by atoms with van der Waals surface area (Å²) in [5.41, 5.74) is 2.09. The van der Waals surface area contributed by atoms with E-state index in [4.69, 9.17) is 4.74 Å². The van der Waals surface area contributed by atoms with Gasteiger partial charge in [-0.1, -0.05) is 58.4 Å². The van der Waals surface area contributed by atoms with Crippen molar-refractivity contribution >= 4 is 27.8 Å². The molecule has 2 aromatic carbocycles. The molecule has 1 aliphatic rings. The number of hydrogen-bond donors (Lipinski definition) is 0. The van der Waals surface area contributed by atoms with Crippen LogP contribution in [0.25, 0.3) is 0 Å². The first kappa shape index (κ1) is 17.4. The van der Waals surface area contributed by atoms with Gasteiger partial charge in [-0.2, -0.15) is 0 Å². The minimum Gasteiger partial charge on any atom is -0.468 e. The smallest absolute Gasteiger partial charge is 0.315 e. The van der Waals surface area contributed by atoms with Crippen molar-refractivity contribution in [1.82, 2.24) is 4.90 Å². The molecule has 0 unspecified atom stereocenters. The van der Waals surface area contributed by atoms with Gasteiger partial charge in [-0.3, -0.25) is 9.59 Å². The van der Waals surface area contributed by atoms with Crippen molar-refractivity contribution in [3.8, 4) is 0 Å². The number of halogens is 1. The fraction of sp³-hybridized carbons (Fsp3) is 0.200. The Morgan fingerprint density at radius 1 is 1.20 bits per heavy atom. The van der Waals surface area contributed by atoms with Crippen molar-refractivity contribution < 1.29 is 14.3 Å². The molecule has 2 atom stereocenters. The van der Waals surface area contributed by atoms with Crippen LogP contribution in [-0.2, 0) is 9.53 Å². The molecule has 1 aliphatic heterocycles. The fourth-order valence-electron chi connectivity index (χ4n) is 3.37. The van der Waals surface area contributed by atoms with Gasteiger partial charge in [-0.25, -0.2) is 0 Å². The molecule has 0 aromatic heterocycles. The summed E-state index contributed by atoms with van der Waals surface area (Å²) in [7, 11) is 1.37. The largest absolute Gasteiger partial charge is 0.468 e. The minimum atomic E-state index is -0.599. The average Bonchev–Trinajstić information content (AvgIpc) is 2.64. The number of carbonyl (C=O) groups excluding carboxylic acids is 2. The molecule has 1 heterocycles. The second-order valence-electron chi connectivity index (χ2n) is 5.80. The number of methoxy groups -OCH3 is 1. The lowest BCUT2D eigenvalue weighted by atomic mass is 9.79. The number of carbonyl (C=O) groups is 2. The van der Waals surface area contributed by atoms with Gasteiger partial charge in [0.1, 0.15) is 5.92 Å². The Morgan fingerprint density at radius 3 is 2.48 bits per heavy atom. The fourth-order valence-corrected chi connectivity index (χ4v) is 3.89. The van der Waals surface area contributed by atoms with Crippen LogP contribution in [-0.4, -0.2) is 30.4 Å². The van der Waals surface area contributed by atoms with Crippen LogP contribution in [0.1, 0.15) is 33.4 Å². The number of hydrogen-bond acceptors (Lipinski definition) is 3. The minimum absolute atomic E-state index is 0.114. The predicted molar refractivity (Wildman–Crippen MR) is 99.3 cm³/mol. The van der Waals surface area contributed by atoms with Crippen LogP contribution in [0.2, 0.25) is 0 Å². The number of ether oxygens (including phenoxy) is 1. The van der Waals surface area contributed by atoms with E-state index in [2.05, 4.69) is 22.5 Å². The van der Waals surface area contributed by atoms with E-state index in [1.165, 1.54) is 7.11 Å². The highest BCUT2D eigenvalue weighted by molar-refractivity contribution is 9.10. The zero-order valence-corrected chi connectivity index (χ0v) is 15.4. The monoisotopic (exact) mass is 399 g/mol. The summed E-state index contributed by atoms with van der Waals surface area (Å²) in [6.45, 7) is 4.10. The molecule has 0 spiro atoms. The van der Waals surface area contributed by atoms with E-state index in [0.717, 1.165) is 10.0 Å². The van der Waals surface area contributed by atoms with E-state index in [9.17, 15) is 9.59 Å². The van der Waals surface area contributed by atoms with Crippen LogP contribution in [0.3, 0.4) is 0 Å². The third-order valence-corrected chi connectivity index (χ3v) is 5.17. The van der Waals surface area contributed by atoms with Gasteiger partial charge in [0.15, 0.2) is 0 Å². The number of amides is 1. The van der Waals surface area contributed by atoms with Gasteiger partial charge in [-0.15, -0.1) is 6.58 Å². The second-order valence-corrected chi connectivity index (χ2v) is 6.65. The molecule has 1 amide bonds. The van der Waals surface area contributed by atoms with Gasteiger partial charge in [0.2, 0.25) is 0 Å². The van der Waals surface area contributed by atoms with Crippen molar-refractivity contribution in [3.63, 3.8) is 0 Å². The summed E-state index contributed by atoms with van der Waals surface area (Å²) in [6, 6.07) is 14.4. The summed E-state index contributed by atoms with van der Waals surface area (Å²) >= 11 is 3.55. The Kier molecular flexibility index (Phi) is 5.04. The molecule has 0 saturated carbocycles. The quantitative estimate of drug-likeness (QED) is 0.574. The van der Waals surface area contributed by atoms with Gasteiger partial charge in [0.25, 0.3) is 5.91 Å². The molecule has 0 bridgehead atoms. The molecule has 25 heavy (non-hydrogen) atoms. The van der Waals surface area contributed by atoms with Crippen LogP contribution >= 0.6 is 15.9 Å². The maximum absolute atomic E-state index is 13.1. The third-order valence-electron chi connectivity index (χ3n) is 4.44. The summed E-state index contributed by atoms with van der Waals surface area (Å²) in [5, 5.41) is 0. The molecule has 0 saturated heterocycles. The van der Waals surface area contributed by atoms with Crippen molar-refractivity contribution in [3.05, 3.63) is 82.3 Å². The summed E-state index contributed by atoms with van der Waals surface area (Å²) in [5.74, 6) is -1.08. The molecule has 3 rings (SSSR count). The van der Waals surface area contributed by atoms with E-state index in [-0.39, 0.29) is 11.9 Å². The molecular formula is C20H18BrNO3. The molecule has 5 heteroatoms. The van der Waals surface area contributed by atoms with Gasteiger partial charge >= 0.3 is 5.97 Å². The number of nitrogens with zero attached hydrogens (tertiary/aromatic N) is 1. The molecule has 128 valence electrons. The lowest BCUT2D eigenvalue weighted by molar-refractivity contribution is -0.144. The Bertz CT molecular complexity index is 833. The first-order valence-electron chi connectivity index (χ1n) is 7.93. The van der Waals surface area contributed by atoms with E-state index in [1.807, 2.05) is 36.4 Å². The summed E-state index contributed by atoms with van der Waals surface area (Å²) in [4.78, 5) is 27.4. The first-order valence-corrected chi connectivity index (χ1v) is 8.72. The van der Waals surface area contributed by atoms with E-state index < -0.39 is 12.0 Å². The Morgan fingerprint density at radius 2 is 1.84 bits per heavy atom. The normalized spacial score (nSPS) is 19.3. The highest BCUT2D eigenvalue weighted by atomic mass is 79.9. The standard InChI is InChI=1S/C20H18BrNO3/c1-3-12-22-18(15-10-6-7-11-16(15)21)17(20(24)25-2)13-8-4-5-9-14(13)19(22)23/h3-11,17-18H,1,12H2,2H3/t17-,18+/m1/s1. The van der Waals surface area contributed by atoms with E-state index in [1.54, 1.807) is 23.1 Å². The molecule has 4 nitrogen and oxygen atoms in total. The van der Waals surface area contributed by atoms with Crippen molar-refractivity contribution in [2.45, 2.75) is 12.0 Å². The molecule has 0 fully saturated rings. The first-order chi connectivity index (χ1) is 12.1.